The summed E-state index contributed by atoms with van der Waals surface area (Å²) in [6.07, 6.45) is 3.43. The smallest absolute Gasteiger partial charge is 0.335 e. The van der Waals surface area contributed by atoms with Gasteiger partial charge in [0.2, 0.25) is 0 Å². The number of carboxylic acid groups (broad SMARTS) is 1. The van der Waals surface area contributed by atoms with Gasteiger partial charge in [-0.2, -0.15) is 0 Å². The molecule has 2 aromatic rings. The number of nitrogens with one attached hydrogen (secondary N) is 1. The molecule has 1 amide bonds. The van der Waals surface area contributed by atoms with Crippen molar-refractivity contribution in [1.82, 2.24) is 10.1 Å². The first-order valence-corrected chi connectivity index (χ1v) is 6.11. The fraction of sp³-hybridized carbons (Fsp3) is 0.231. The van der Waals surface area contributed by atoms with Gasteiger partial charge in [0.15, 0.2) is 5.69 Å². The molecule has 0 bridgehead atoms. The van der Waals surface area contributed by atoms with Crippen LogP contribution in [-0.2, 0) is 0 Å². The molecule has 1 aliphatic rings. The van der Waals surface area contributed by atoms with Crippen molar-refractivity contribution < 1.29 is 19.2 Å². The van der Waals surface area contributed by atoms with Crippen LogP contribution in [0.3, 0.4) is 0 Å². The maximum Gasteiger partial charge on any atom is 0.335 e. The van der Waals surface area contributed by atoms with Crippen LogP contribution in [0, 0.1) is 0 Å². The van der Waals surface area contributed by atoms with Crippen LogP contribution >= 0.6 is 0 Å². The van der Waals surface area contributed by atoms with E-state index in [9.17, 15) is 9.59 Å². The van der Waals surface area contributed by atoms with Gasteiger partial charge in [-0.3, -0.25) is 4.79 Å². The van der Waals surface area contributed by atoms with Crippen LogP contribution in [0.1, 0.15) is 45.4 Å². The van der Waals surface area contributed by atoms with E-state index in [2.05, 4.69) is 15.5 Å². The van der Waals surface area contributed by atoms with Crippen LogP contribution in [0.4, 0.5) is 5.82 Å². The Morgan fingerprint density at radius 3 is 2.85 bits per heavy atom. The molecule has 0 saturated heterocycles. The number of carbonyl (C=O) groups is 2. The van der Waals surface area contributed by atoms with Gasteiger partial charge < -0.3 is 14.9 Å². The first-order chi connectivity index (χ1) is 9.63. The molecule has 1 aliphatic carbocycles. The lowest BCUT2D eigenvalue weighted by molar-refractivity contribution is 0.0696. The van der Waals surface area contributed by atoms with Gasteiger partial charge in [0.25, 0.3) is 5.91 Å². The van der Waals surface area contributed by atoms with Gasteiger partial charge in [-0.25, -0.2) is 9.78 Å². The molecule has 1 saturated carbocycles. The van der Waals surface area contributed by atoms with E-state index >= 15 is 0 Å². The van der Waals surface area contributed by atoms with Crippen molar-refractivity contribution in [2.45, 2.75) is 18.8 Å². The normalized spacial score (nSPS) is 14.0. The van der Waals surface area contributed by atoms with Crippen LogP contribution < -0.4 is 5.32 Å². The van der Waals surface area contributed by atoms with Gasteiger partial charge in [-0.15, -0.1) is 0 Å². The molecule has 0 aliphatic heterocycles. The third-order valence-corrected chi connectivity index (χ3v) is 2.99. The molecule has 7 heteroatoms. The molecule has 2 aromatic heterocycles. The summed E-state index contributed by atoms with van der Waals surface area (Å²) in [5.41, 5.74) is 0.212. The minimum Gasteiger partial charge on any atom is -0.478 e. The highest BCUT2D eigenvalue weighted by atomic mass is 16.5. The number of carbonyl (C=O) groups excluding carboxylic acids is 1. The Morgan fingerprint density at radius 2 is 2.15 bits per heavy atom. The van der Waals surface area contributed by atoms with Crippen LogP contribution in [0.5, 0.6) is 0 Å². The summed E-state index contributed by atoms with van der Waals surface area (Å²) < 4.78 is 5.08. The highest BCUT2D eigenvalue weighted by molar-refractivity contribution is 6.02. The van der Waals surface area contributed by atoms with Gasteiger partial charge in [-0.05, 0) is 25.0 Å². The van der Waals surface area contributed by atoms with E-state index in [0.717, 1.165) is 12.8 Å². The summed E-state index contributed by atoms with van der Waals surface area (Å²) in [5, 5.41) is 15.1. The van der Waals surface area contributed by atoms with Gasteiger partial charge >= 0.3 is 5.97 Å². The Balaban J connectivity index is 1.74. The SMILES string of the molecule is O=C(O)c1ccnc(NC(=O)c2cc(C3CC3)on2)c1. The molecule has 20 heavy (non-hydrogen) atoms. The van der Waals surface area contributed by atoms with Crippen molar-refractivity contribution >= 4 is 17.7 Å². The number of anilines is 1. The van der Waals surface area contributed by atoms with E-state index < -0.39 is 11.9 Å². The molecule has 0 unspecified atom stereocenters. The Labute approximate surface area is 113 Å². The van der Waals surface area contributed by atoms with Crippen molar-refractivity contribution in [1.29, 1.82) is 0 Å². The number of amides is 1. The van der Waals surface area contributed by atoms with Crippen molar-refractivity contribution in [2.75, 3.05) is 5.32 Å². The maximum atomic E-state index is 11.9. The van der Waals surface area contributed by atoms with Gasteiger partial charge in [0.1, 0.15) is 11.6 Å². The number of hydrogen-bond acceptors (Lipinski definition) is 5. The lowest BCUT2D eigenvalue weighted by Crippen LogP contribution is -2.13. The maximum absolute atomic E-state index is 11.9. The molecule has 7 nitrogen and oxygen atoms in total. The van der Waals surface area contributed by atoms with Crippen molar-refractivity contribution in [3.63, 3.8) is 0 Å². The predicted molar refractivity (Wildman–Crippen MR) is 67.6 cm³/mol. The van der Waals surface area contributed by atoms with Gasteiger partial charge in [0, 0.05) is 18.2 Å². The summed E-state index contributed by atoms with van der Waals surface area (Å²) in [6, 6.07) is 4.23. The Hall–Kier alpha value is -2.70. The number of carboxylic acids is 1. The summed E-state index contributed by atoms with van der Waals surface area (Å²) in [7, 11) is 0. The van der Waals surface area contributed by atoms with Gasteiger partial charge in [0.05, 0.1) is 5.56 Å². The summed E-state index contributed by atoms with van der Waals surface area (Å²) in [5.74, 6) is -0.318. The lowest BCUT2D eigenvalue weighted by atomic mass is 10.2. The molecule has 2 heterocycles. The molecular formula is C13H11N3O4. The number of aromatic nitrogens is 2. The van der Waals surface area contributed by atoms with E-state index in [1.807, 2.05) is 0 Å². The number of nitrogens with zero attached hydrogens (tertiary/aromatic N) is 2. The zero-order valence-electron chi connectivity index (χ0n) is 10.4. The second-order valence-electron chi connectivity index (χ2n) is 4.58. The zero-order valence-corrected chi connectivity index (χ0v) is 10.4. The highest BCUT2D eigenvalue weighted by Crippen LogP contribution is 2.40. The Bertz CT molecular complexity index is 676. The number of aromatic carboxylic acids is 1. The standard InChI is InChI=1S/C13H11N3O4/c17-12(9-6-10(20-16-9)7-1-2-7)15-11-5-8(13(18)19)3-4-14-11/h3-7H,1-2H2,(H,18,19)(H,14,15,17). The fourth-order valence-corrected chi connectivity index (χ4v) is 1.77. The van der Waals surface area contributed by atoms with Crippen LogP contribution in [-0.4, -0.2) is 27.1 Å². The molecule has 1 fully saturated rings. The largest absolute Gasteiger partial charge is 0.478 e. The minimum absolute atomic E-state index is 0.0501. The third kappa shape index (κ3) is 2.51. The van der Waals surface area contributed by atoms with Crippen LogP contribution in [0.15, 0.2) is 28.9 Å². The van der Waals surface area contributed by atoms with E-state index in [0.29, 0.717) is 11.7 Å². The summed E-state index contributed by atoms with van der Waals surface area (Å²) in [4.78, 5) is 26.6. The van der Waals surface area contributed by atoms with Crippen LogP contribution in [0.2, 0.25) is 0 Å². The predicted octanol–water partition coefficient (Wildman–Crippen LogP) is 1.90. The van der Waals surface area contributed by atoms with Crippen molar-refractivity contribution in [2.24, 2.45) is 0 Å². The molecule has 3 rings (SSSR count). The van der Waals surface area contributed by atoms with E-state index in [4.69, 9.17) is 9.63 Å². The molecule has 102 valence electrons. The zero-order chi connectivity index (χ0) is 14.1. The van der Waals surface area contributed by atoms with Crippen LogP contribution in [0.25, 0.3) is 0 Å². The first-order valence-electron chi connectivity index (χ1n) is 6.11. The molecule has 0 radical (unpaired) electrons. The minimum atomic E-state index is -1.08. The van der Waals surface area contributed by atoms with Crippen molar-refractivity contribution in [3.8, 4) is 0 Å². The lowest BCUT2D eigenvalue weighted by Gasteiger charge is -2.02. The molecule has 0 spiro atoms. The van der Waals surface area contributed by atoms with E-state index in [1.165, 1.54) is 18.3 Å². The number of hydrogen-bond donors (Lipinski definition) is 2. The molecule has 0 atom stereocenters. The second-order valence-corrected chi connectivity index (χ2v) is 4.58. The van der Waals surface area contributed by atoms with Gasteiger partial charge in [-0.1, -0.05) is 5.16 Å². The van der Waals surface area contributed by atoms with E-state index in [1.54, 1.807) is 6.07 Å². The third-order valence-electron chi connectivity index (χ3n) is 2.99. The molecular weight excluding hydrogens is 262 g/mol. The quantitative estimate of drug-likeness (QED) is 0.881. The molecule has 0 aromatic carbocycles. The van der Waals surface area contributed by atoms with Crippen molar-refractivity contribution in [3.05, 3.63) is 41.4 Å². The summed E-state index contributed by atoms with van der Waals surface area (Å²) in [6.45, 7) is 0. The van der Waals surface area contributed by atoms with E-state index in [-0.39, 0.29) is 17.1 Å². The first kappa shape index (κ1) is 12.3. The Kier molecular flexibility index (Phi) is 2.94. The monoisotopic (exact) mass is 273 g/mol. The average molecular weight is 273 g/mol. The second kappa shape index (κ2) is 4.76. The number of rotatable bonds is 4. The molecule has 2 N–H and O–H groups in total. The Morgan fingerprint density at radius 1 is 1.35 bits per heavy atom. The summed E-state index contributed by atoms with van der Waals surface area (Å²) >= 11 is 0. The topological polar surface area (TPSA) is 105 Å². The fourth-order valence-electron chi connectivity index (χ4n) is 1.77. The highest BCUT2D eigenvalue weighted by Gasteiger charge is 2.28. The average Bonchev–Trinajstić information content (AvgIpc) is 3.16. The number of pyridine rings is 1.